The second-order valence-electron chi connectivity index (χ2n) is 7.25. The number of rotatable bonds is 6. The summed E-state index contributed by atoms with van der Waals surface area (Å²) in [6.07, 6.45) is -3.63. The smallest absolute Gasteiger partial charge is 0.338 e. The number of anilines is 2. The first-order valence-electron chi connectivity index (χ1n) is 9.54. The van der Waals surface area contributed by atoms with Crippen LogP contribution in [-0.2, 0) is 27.1 Å². The lowest BCUT2D eigenvalue weighted by Gasteiger charge is -2.18. The van der Waals surface area contributed by atoms with Gasteiger partial charge in [0.15, 0.2) is 0 Å². The van der Waals surface area contributed by atoms with Crippen molar-refractivity contribution in [2.24, 2.45) is 5.92 Å². The minimum atomic E-state index is -4.49. The van der Waals surface area contributed by atoms with Crippen molar-refractivity contribution in [3.8, 4) is 0 Å². The second kappa shape index (κ2) is 9.21. The van der Waals surface area contributed by atoms with Gasteiger partial charge in [0.05, 0.1) is 17.2 Å². The molecule has 2 aromatic rings. The largest absolute Gasteiger partial charge is 0.416 e. The number of likely N-dealkylation sites (tertiary alicyclic amines) is 1. The zero-order valence-electron chi connectivity index (χ0n) is 16.7. The maximum absolute atomic E-state index is 13.8. The fourth-order valence-corrected chi connectivity index (χ4v) is 3.29. The Hall–Kier alpha value is -3.69. The fourth-order valence-electron chi connectivity index (χ4n) is 3.29. The van der Waals surface area contributed by atoms with E-state index in [9.17, 15) is 31.9 Å². The van der Waals surface area contributed by atoms with E-state index in [2.05, 4.69) is 17.2 Å². The number of halogens is 4. The molecule has 1 fully saturated rings. The van der Waals surface area contributed by atoms with Crippen LogP contribution >= 0.6 is 0 Å². The molecule has 0 radical (unpaired) electrons. The molecule has 0 spiro atoms. The molecule has 2 N–H and O–H groups in total. The number of hydrogen-bond acceptors (Lipinski definition) is 3. The number of carbonyl (C=O) groups is 3. The summed E-state index contributed by atoms with van der Waals surface area (Å²) in [5.74, 6) is -2.93. The average Bonchev–Trinajstić information content (AvgIpc) is 3.10. The van der Waals surface area contributed by atoms with Gasteiger partial charge in [0.1, 0.15) is 5.82 Å². The standard InChI is InChI=1S/C22H19F4N3O3/c1-2-19(30)28-18-10-16(6-7-17(18)23)27-21(32)14-9-20(31)29(12-14)11-13-4-3-5-15(8-13)22(24,25)26/h2-8,10,14H,1,9,11-12H2,(H,27,32)(H,28,30). The van der Waals surface area contributed by atoms with E-state index in [-0.39, 0.29) is 36.8 Å². The molecule has 3 rings (SSSR count). The predicted octanol–water partition coefficient (Wildman–Crippen LogP) is 3.96. The van der Waals surface area contributed by atoms with Crippen LogP contribution in [-0.4, -0.2) is 29.2 Å². The average molecular weight is 449 g/mol. The molecule has 3 amide bonds. The van der Waals surface area contributed by atoms with Gasteiger partial charge in [-0.3, -0.25) is 14.4 Å². The van der Waals surface area contributed by atoms with E-state index in [0.29, 0.717) is 5.56 Å². The second-order valence-corrected chi connectivity index (χ2v) is 7.25. The number of alkyl halides is 3. The third kappa shape index (κ3) is 5.51. The zero-order chi connectivity index (χ0) is 23.5. The Kier molecular flexibility index (Phi) is 6.61. The van der Waals surface area contributed by atoms with Crippen LogP contribution in [0.4, 0.5) is 28.9 Å². The first kappa shape index (κ1) is 23.0. The molecular formula is C22H19F4N3O3. The van der Waals surface area contributed by atoms with Crippen LogP contribution in [0.2, 0.25) is 0 Å². The van der Waals surface area contributed by atoms with Crippen molar-refractivity contribution in [2.75, 3.05) is 17.2 Å². The van der Waals surface area contributed by atoms with Crippen LogP contribution in [0.5, 0.6) is 0 Å². The molecule has 0 aliphatic carbocycles. The lowest BCUT2D eigenvalue weighted by atomic mass is 10.1. The highest BCUT2D eigenvalue weighted by Crippen LogP contribution is 2.30. The Morgan fingerprint density at radius 3 is 2.59 bits per heavy atom. The monoisotopic (exact) mass is 449 g/mol. The quantitative estimate of drug-likeness (QED) is 0.518. The van der Waals surface area contributed by atoms with Gasteiger partial charge in [-0.05, 0) is 42.0 Å². The van der Waals surface area contributed by atoms with E-state index in [1.54, 1.807) is 0 Å². The van der Waals surface area contributed by atoms with Gasteiger partial charge >= 0.3 is 6.18 Å². The first-order chi connectivity index (χ1) is 15.1. The third-order valence-corrected chi connectivity index (χ3v) is 4.89. The van der Waals surface area contributed by atoms with Gasteiger partial charge in [-0.1, -0.05) is 18.7 Å². The van der Waals surface area contributed by atoms with E-state index < -0.39 is 35.3 Å². The lowest BCUT2D eigenvalue weighted by Crippen LogP contribution is -2.28. The van der Waals surface area contributed by atoms with Crippen molar-refractivity contribution in [3.05, 3.63) is 72.1 Å². The normalized spacial score (nSPS) is 16.1. The van der Waals surface area contributed by atoms with E-state index in [1.807, 2.05) is 0 Å². The summed E-state index contributed by atoms with van der Waals surface area (Å²) >= 11 is 0. The van der Waals surface area contributed by atoms with E-state index in [0.717, 1.165) is 24.3 Å². The fraction of sp³-hybridized carbons (Fsp3) is 0.227. The van der Waals surface area contributed by atoms with Crippen LogP contribution in [0.25, 0.3) is 0 Å². The molecule has 6 nitrogen and oxygen atoms in total. The predicted molar refractivity (Wildman–Crippen MR) is 109 cm³/mol. The number of hydrogen-bond donors (Lipinski definition) is 2. The number of nitrogens with one attached hydrogen (secondary N) is 2. The minimum absolute atomic E-state index is 0.0299. The summed E-state index contributed by atoms with van der Waals surface area (Å²) in [4.78, 5) is 37.6. The highest BCUT2D eigenvalue weighted by Gasteiger charge is 2.35. The van der Waals surface area contributed by atoms with Gasteiger partial charge in [0, 0.05) is 25.2 Å². The van der Waals surface area contributed by atoms with Crippen LogP contribution < -0.4 is 10.6 Å². The molecule has 1 unspecified atom stereocenters. The number of nitrogens with zero attached hydrogens (tertiary/aromatic N) is 1. The van der Waals surface area contributed by atoms with E-state index >= 15 is 0 Å². The molecule has 1 atom stereocenters. The highest BCUT2D eigenvalue weighted by molar-refractivity contribution is 6.00. The molecule has 1 heterocycles. The molecule has 2 aromatic carbocycles. The highest BCUT2D eigenvalue weighted by atomic mass is 19.4. The maximum atomic E-state index is 13.8. The van der Waals surface area contributed by atoms with Crippen LogP contribution in [0, 0.1) is 11.7 Å². The van der Waals surface area contributed by atoms with Gasteiger partial charge in [-0.2, -0.15) is 13.2 Å². The summed E-state index contributed by atoms with van der Waals surface area (Å²) in [5.41, 5.74) is -0.456. The molecule has 0 saturated carbocycles. The molecule has 168 valence electrons. The Bertz CT molecular complexity index is 1070. The van der Waals surface area contributed by atoms with E-state index in [1.165, 1.54) is 29.2 Å². The summed E-state index contributed by atoms with van der Waals surface area (Å²) in [6.45, 7) is 3.25. The zero-order valence-corrected chi connectivity index (χ0v) is 16.7. The minimum Gasteiger partial charge on any atom is -0.338 e. The number of carbonyl (C=O) groups excluding carboxylic acids is 3. The Balaban J connectivity index is 1.65. The van der Waals surface area contributed by atoms with Crippen LogP contribution in [0.15, 0.2) is 55.1 Å². The van der Waals surface area contributed by atoms with Crippen molar-refractivity contribution in [3.63, 3.8) is 0 Å². The Morgan fingerprint density at radius 1 is 1.16 bits per heavy atom. The SMILES string of the molecule is C=CC(=O)Nc1cc(NC(=O)C2CC(=O)N(Cc3cccc(C(F)(F)F)c3)C2)ccc1F. The number of benzene rings is 2. The van der Waals surface area contributed by atoms with Crippen LogP contribution in [0.1, 0.15) is 17.5 Å². The first-order valence-corrected chi connectivity index (χ1v) is 9.54. The van der Waals surface area contributed by atoms with Crippen LogP contribution in [0.3, 0.4) is 0 Å². The molecule has 0 bridgehead atoms. The molecule has 32 heavy (non-hydrogen) atoms. The van der Waals surface area contributed by atoms with Crippen molar-refractivity contribution in [1.29, 1.82) is 0 Å². The third-order valence-electron chi connectivity index (χ3n) is 4.89. The van der Waals surface area contributed by atoms with Gasteiger partial charge in [0.25, 0.3) is 0 Å². The summed E-state index contributed by atoms with van der Waals surface area (Å²) < 4.78 is 52.5. The van der Waals surface area contributed by atoms with Gasteiger partial charge in [0.2, 0.25) is 17.7 Å². The lowest BCUT2D eigenvalue weighted by molar-refractivity contribution is -0.137. The molecule has 1 aliphatic heterocycles. The van der Waals surface area contributed by atoms with Crippen molar-refractivity contribution in [2.45, 2.75) is 19.1 Å². The summed E-state index contributed by atoms with van der Waals surface area (Å²) in [7, 11) is 0. The van der Waals surface area contributed by atoms with Crippen molar-refractivity contribution in [1.82, 2.24) is 4.90 Å². The summed E-state index contributed by atoms with van der Waals surface area (Å²) in [6, 6.07) is 8.25. The summed E-state index contributed by atoms with van der Waals surface area (Å²) in [5, 5.41) is 4.84. The Labute approximate surface area is 180 Å². The van der Waals surface area contributed by atoms with Gasteiger partial charge in [-0.25, -0.2) is 4.39 Å². The topological polar surface area (TPSA) is 78.5 Å². The molecule has 10 heteroatoms. The molecular weight excluding hydrogens is 430 g/mol. The molecule has 1 saturated heterocycles. The van der Waals surface area contributed by atoms with Gasteiger partial charge < -0.3 is 15.5 Å². The molecule has 1 aliphatic rings. The Morgan fingerprint density at radius 2 is 1.91 bits per heavy atom. The van der Waals surface area contributed by atoms with E-state index in [4.69, 9.17) is 0 Å². The number of amides is 3. The maximum Gasteiger partial charge on any atom is 0.416 e. The van der Waals surface area contributed by atoms with Crippen molar-refractivity contribution < 1.29 is 31.9 Å². The van der Waals surface area contributed by atoms with Crippen molar-refractivity contribution >= 4 is 29.1 Å². The molecule has 0 aromatic heterocycles. The van der Waals surface area contributed by atoms with Gasteiger partial charge in [-0.15, -0.1) is 0 Å².